The fourth-order valence-electron chi connectivity index (χ4n) is 1.11. The minimum atomic E-state index is -3.20. The minimum absolute atomic E-state index is 0.0991. The summed E-state index contributed by atoms with van der Waals surface area (Å²) in [5.74, 6) is 2.57. The van der Waals surface area contributed by atoms with E-state index in [4.69, 9.17) is 6.42 Å². The van der Waals surface area contributed by atoms with Crippen LogP contribution in [0.3, 0.4) is 0 Å². The lowest BCUT2D eigenvalue weighted by Crippen LogP contribution is -2.38. The molecule has 2 N–H and O–H groups in total. The molecular weight excluding hydrogens is 212 g/mol. The van der Waals surface area contributed by atoms with Gasteiger partial charge < -0.3 is 5.32 Å². The molecule has 0 aliphatic heterocycles. The van der Waals surface area contributed by atoms with Crippen LogP contribution in [0.5, 0.6) is 0 Å². The molecule has 0 aromatic rings. The van der Waals surface area contributed by atoms with E-state index < -0.39 is 10.0 Å². The summed E-state index contributed by atoms with van der Waals surface area (Å²) in [7, 11) is -3.20. The third kappa shape index (κ3) is 7.37. The molecule has 0 aromatic carbocycles. The third-order valence-electron chi connectivity index (χ3n) is 2.00. The molecule has 0 aliphatic carbocycles. The van der Waals surface area contributed by atoms with Crippen LogP contribution in [0.25, 0.3) is 0 Å². The Bertz CT molecular complexity index is 293. The first-order valence-electron chi connectivity index (χ1n) is 5.19. The van der Waals surface area contributed by atoms with Crippen molar-refractivity contribution < 1.29 is 8.42 Å². The second kappa shape index (κ2) is 7.69. The zero-order chi connectivity index (χ0) is 11.7. The molecule has 0 amide bonds. The molecule has 0 rings (SSSR count). The van der Waals surface area contributed by atoms with Crippen LogP contribution in [0.1, 0.15) is 26.7 Å². The van der Waals surface area contributed by atoms with Crippen molar-refractivity contribution in [1.82, 2.24) is 10.0 Å². The van der Waals surface area contributed by atoms with Crippen molar-refractivity contribution in [3.05, 3.63) is 0 Å². The average Bonchev–Trinajstić information content (AvgIpc) is 2.17. The van der Waals surface area contributed by atoms with E-state index in [1.54, 1.807) is 0 Å². The molecule has 0 heterocycles. The van der Waals surface area contributed by atoms with Crippen molar-refractivity contribution in [1.29, 1.82) is 0 Å². The Morgan fingerprint density at radius 3 is 2.53 bits per heavy atom. The van der Waals surface area contributed by atoms with Crippen LogP contribution in [0.15, 0.2) is 0 Å². The predicted octanol–water partition coefficient (Wildman–Crippen LogP) is 0.317. The normalized spacial score (nSPS) is 13.4. The maximum Gasteiger partial charge on any atom is 0.213 e. The topological polar surface area (TPSA) is 58.2 Å². The Labute approximate surface area is 92.9 Å². The van der Waals surface area contributed by atoms with Gasteiger partial charge in [0.15, 0.2) is 0 Å². The Hall–Kier alpha value is -0.570. The van der Waals surface area contributed by atoms with Gasteiger partial charge in [0.25, 0.3) is 0 Å². The van der Waals surface area contributed by atoms with E-state index in [0.717, 1.165) is 6.54 Å². The molecule has 0 bridgehead atoms. The van der Waals surface area contributed by atoms with Crippen molar-refractivity contribution in [2.75, 3.05) is 18.8 Å². The smallest absolute Gasteiger partial charge is 0.213 e. The fraction of sp³-hybridized carbons (Fsp3) is 0.800. The van der Waals surface area contributed by atoms with E-state index in [1.165, 1.54) is 0 Å². The summed E-state index contributed by atoms with van der Waals surface area (Å²) in [6, 6.07) is -0.137. The van der Waals surface area contributed by atoms with Gasteiger partial charge in [-0.3, -0.25) is 0 Å². The lowest BCUT2D eigenvalue weighted by Gasteiger charge is -2.14. The number of sulfonamides is 1. The molecule has 4 nitrogen and oxygen atoms in total. The molecule has 0 aliphatic rings. The Balaban J connectivity index is 4.06. The van der Waals surface area contributed by atoms with Crippen molar-refractivity contribution in [3.63, 3.8) is 0 Å². The van der Waals surface area contributed by atoms with Crippen LogP contribution in [0.2, 0.25) is 0 Å². The van der Waals surface area contributed by atoms with Gasteiger partial charge >= 0.3 is 0 Å². The van der Waals surface area contributed by atoms with Gasteiger partial charge in [0, 0.05) is 19.0 Å². The second-order valence-electron chi connectivity index (χ2n) is 3.30. The molecule has 0 saturated heterocycles. The monoisotopic (exact) mass is 232 g/mol. The van der Waals surface area contributed by atoms with Gasteiger partial charge in [0.05, 0.1) is 5.75 Å². The standard InChI is InChI=1S/C10H20N2O2S/c1-4-7-10(5-2)12-15(13,14)9-8-11-6-3/h1,10-12H,5-9H2,2-3H3. The van der Waals surface area contributed by atoms with Crippen LogP contribution in [0, 0.1) is 12.3 Å². The number of rotatable bonds is 8. The van der Waals surface area contributed by atoms with Crippen molar-refractivity contribution in [3.8, 4) is 12.3 Å². The third-order valence-corrected chi connectivity index (χ3v) is 3.43. The fourth-order valence-corrected chi connectivity index (χ4v) is 2.40. The molecule has 0 aromatic heterocycles. The van der Waals surface area contributed by atoms with Gasteiger partial charge in [-0.2, -0.15) is 0 Å². The van der Waals surface area contributed by atoms with Crippen molar-refractivity contribution >= 4 is 10.0 Å². The second-order valence-corrected chi connectivity index (χ2v) is 5.18. The molecule has 0 radical (unpaired) electrons. The molecular formula is C10H20N2O2S. The van der Waals surface area contributed by atoms with Gasteiger partial charge in [-0.25, -0.2) is 13.1 Å². The summed E-state index contributed by atoms with van der Waals surface area (Å²) in [6.07, 6.45) is 6.30. The number of terminal acetylenes is 1. The molecule has 1 atom stereocenters. The predicted molar refractivity (Wildman–Crippen MR) is 63.0 cm³/mol. The van der Waals surface area contributed by atoms with Gasteiger partial charge in [-0.1, -0.05) is 13.8 Å². The highest BCUT2D eigenvalue weighted by atomic mass is 32.2. The van der Waals surface area contributed by atoms with Gasteiger partial charge in [0.1, 0.15) is 0 Å². The van der Waals surface area contributed by atoms with E-state index in [0.29, 0.717) is 19.4 Å². The number of hydrogen-bond donors (Lipinski definition) is 2. The quantitative estimate of drug-likeness (QED) is 0.468. The zero-order valence-corrected chi connectivity index (χ0v) is 10.2. The van der Waals surface area contributed by atoms with Crippen LogP contribution in [0.4, 0.5) is 0 Å². The first kappa shape index (κ1) is 14.4. The minimum Gasteiger partial charge on any atom is -0.316 e. The lowest BCUT2D eigenvalue weighted by molar-refractivity contribution is 0.541. The SMILES string of the molecule is C#CCC(CC)NS(=O)(=O)CCNCC. The Morgan fingerprint density at radius 1 is 1.40 bits per heavy atom. The maximum atomic E-state index is 11.5. The first-order valence-corrected chi connectivity index (χ1v) is 6.85. The van der Waals surface area contributed by atoms with Crippen LogP contribution in [-0.2, 0) is 10.0 Å². The summed E-state index contributed by atoms with van der Waals surface area (Å²) in [5, 5.41) is 2.97. The van der Waals surface area contributed by atoms with Gasteiger partial charge in [0.2, 0.25) is 10.0 Å². The molecule has 1 unspecified atom stereocenters. The summed E-state index contributed by atoms with van der Waals surface area (Å²) in [6.45, 7) is 5.09. The zero-order valence-electron chi connectivity index (χ0n) is 9.41. The van der Waals surface area contributed by atoms with Crippen molar-refractivity contribution in [2.45, 2.75) is 32.7 Å². The van der Waals surface area contributed by atoms with E-state index in [-0.39, 0.29) is 11.8 Å². The molecule has 0 saturated carbocycles. The molecule has 88 valence electrons. The Kier molecular flexibility index (Phi) is 7.39. The van der Waals surface area contributed by atoms with E-state index in [1.807, 2.05) is 13.8 Å². The van der Waals surface area contributed by atoms with E-state index in [2.05, 4.69) is 16.0 Å². The van der Waals surface area contributed by atoms with Crippen LogP contribution in [-0.4, -0.2) is 33.3 Å². The highest BCUT2D eigenvalue weighted by Crippen LogP contribution is 1.98. The number of nitrogens with one attached hydrogen (secondary N) is 2. The lowest BCUT2D eigenvalue weighted by atomic mass is 10.2. The highest BCUT2D eigenvalue weighted by molar-refractivity contribution is 7.89. The van der Waals surface area contributed by atoms with Gasteiger partial charge in [-0.15, -0.1) is 12.3 Å². The average molecular weight is 232 g/mol. The summed E-state index contributed by atoms with van der Waals surface area (Å²) in [4.78, 5) is 0. The molecule has 5 heteroatoms. The first-order chi connectivity index (χ1) is 7.05. The summed E-state index contributed by atoms with van der Waals surface area (Å²) < 4.78 is 25.7. The Morgan fingerprint density at radius 2 is 2.07 bits per heavy atom. The summed E-state index contributed by atoms with van der Waals surface area (Å²) >= 11 is 0. The van der Waals surface area contributed by atoms with Crippen LogP contribution < -0.4 is 10.0 Å². The molecule has 15 heavy (non-hydrogen) atoms. The van der Waals surface area contributed by atoms with Crippen molar-refractivity contribution in [2.24, 2.45) is 0 Å². The number of hydrogen-bond acceptors (Lipinski definition) is 3. The molecule has 0 spiro atoms. The largest absolute Gasteiger partial charge is 0.316 e. The van der Waals surface area contributed by atoms with Crippen LogP contribution >= 0.6 is 0 Å². The maximum absolute atomic E-state index is 11.5. The van der Waals surface area contributed by atoms with E-state index >= 15 is 0 Å². The van der Waals surface area contributed by atoms with Gasteiger partial charge in [-0.05, 0) is 13.0 Å². The highest BCUT2D eigenvalue weighted by Gasteiger charge is 2.14. The van der Waals surface area contributed by atoms with E-state index in [9.17, 15) is 8.42 Å². The molecule has 0 fully saturated rings. The summed E-state index contributed by atoms with van der Waals surface area (Å²) in [5.41, 5.74) is 0.